The average molecular weight is 383 g/mol. The maximum Gasteiger partial charge on any atom is 0.223 e. The molecule has 2 N–H and O–H groups in total. The predicted octanol–water partition coefficient (Wildman–Crippen LogP) is 4.29. The fraction of sp³-hybridized carbons (Fsp3) is 0.318. The third kappa shape index (κ3) is 3.81. The van der Waals surface area contributed by atoms with Crippen molar-refractivity contribution in [3.8, 4) is 5.75 Å². The second-order valence-electron chi connectivity index (χ2n) is 7.10. The van der Waals surface area contributed by atoms with Gasteiger partial charge in [-0.05, 0) is 67.1 Å². The lowest BCUT2D eigenvalue weighted by Gasteiger charge is -2.22. The van der Waals surface area contributed by atoms with Gasteiger partial charge < -0.3 is 15.0 Å². The Bertz CT molecular complexity index is 962. The molecule has 0 saturated carbocycles. The smallest absolute Gasteiger partial charge is 0.223 e. The van der Waals surface area contributed by atoms with Crippen LogP contribution >= 0.6 is 11.6 Å². The van der Waals surface area contributed by atoms with Crippen LogP contribution in [0.15, 0.2) is 42.5 Å². The molecule has 140 valence electrons. The molecule has 3 aromatic rings. The van der Waals surface area contributed by atoms with Gasteiger partial charge in [0.1, 0.15) is 5.75 Å². The first kappa shape index (κ1) is 17.9. The fourth-order valence-corrected chi connectivity index (χ4v) is 4.05. The molecule has 0 aliphatic heterocycles. The zero-order chi connectivity index (χ0) is 18.8. The molecular formula is C22H23ClN2O2. The number of carbonyl (C=O) groups is 1. The molecule has 1 heterocycles. The van der Waals surface area contributed by atoms with Crippen molar-refractivity contribution >= 4 is 28.4 Å². The topological polar surface area (TPSA) is 54.1 Å². The van der Waals surface area contributed by atoms with E-state index in [2.05, 4.69) is 10.3 Å². The number of aryl methyl sites for hydroxylation is 1. The van der Waals surface area contributed by atoms with Gasteiger partial charge in [0.15, 0.2) is 0 Å². The van der Waals surface area contributed by atoms with Gasteiger partial charge in [-0.25, -0.2) is 0 Å². The van der Waals surface area contributed by atoms with Crippen LogP contribution in [0.1, 0.15) is 23.2 Å². The maximum absolute atomic E-state index is 12.7. The number of hydrogen-bond acceptors (Lipinski definition) is 2. The van der Waals surface area contributed by atoms with Crippen molar-refractivity contribution < 1.29 is 9.53 Å². The summed E-state index contributed by atoms with van der Waals surface area (Å²) in [5.74, 6) is 1.01. The minimum Gasteiger partial charge on any atom is -0.497 e. The highest BCUT2D eigenvalue weighted by atomic mass is 35.5. The summed E-state index contributed by atoms with van der Waals surface area (Å²) in [4.78, 5) is 16.1. The Labute approximate surface area is 163 Å². The molecule has 27 heavy (non-hydrogen) atoms. The Morgan fingerprint density at radius 3 is 2.85 bits per heavy atom. The lowest BCUT2D eigenvalue weighted by Crippen LogP contribution is -2.35. The van der Waals surface area contributed by atoms with Crippen molar-refractivity contribution in [2.24, 2.45) is 5.92 Å². The molecule has 0 bridgehead atoms. The zero-order valence-electron chi connectivity index (χ0n) is 15.3. The van der Waals surface area contributed by atoms with Gasteiger partial charge in [-0.3, -0.25) is 4.79 Å². The van der Waals surface area contributed by atoms with Crippen LogP contribution in [0.25, 0.3) is 10.9 Å². The molecule has 1 aliphatic rings. The maximum atomic E-state index is 12.7. The quantitative estimate of drug-likeness (QED) is 0.691. The number of benzene rings is 2. The number of methoxy groups -OCH3 is 1. The standard InChI is InChI=1S/C22H23ClN2O2/c1-27-17-6-2-14(3-7-17)10-11-24-22(26)15-4-8-20-18(12-15)19-13-16(23)5-9-21(19)25-20/h2-3,5-7,9,13,15,25H,4,8,10-12H2,1H3,(H,24,26). The summed E-state index contributed by atoms with van der Waals surface area (Å²) in [5, 5.41) is 4.98. The van der Waals surface area contributed by atoms with Crippen molar-refractivity contribution in [2.45, 2.75) is 25.7 Å². The van der Waals surface area contributed by atoms with Crippen LogP contribution in [0.5, 0.6) is 5.75 Å². The molecule has 5 heteroatoms. The lowest BCUT2D eigenvalue weighted by molar-refractivity contribution is -0.125. The van der Waals surface area contributed by atoms with Gasteiger partial charge in [0.2, 0.25) is 5.91 Å². The number of H-pyrrole nitrogens is 1. The first-order valence-electron chi connectivity index (χ1n) is 9.33. The normalized spacial score (nSPS) is 16.1. The second kappa shape index (κ2) is 7.65. The van der Waals surface area contributed by atoms with E-state index in [-0.39, 0.29) is 11.8 Å². The van der Waals surface area contributed by atoms with E-state index in [0.29, 0.717) is 6.54 Å². The molecule has 0 saturated heterocycles. The van der Waals surface area contributed by atoms with E-state index in [9.17, 15) is 4.79 Å². The van der Waals surface area contributed by atoms with Crippen LogP contribution < -0.4 is 10.1 Å². The Kier molecular flexibility index (Phi) is 5.08. The molecule has 0 spiro atoms. The summed E-state index contributed by atoms with van der Waals surface area (Å²) >= 11 is 6.16. The highest BCUT2D eigenvalue weighted by Gasteiger charge is 2.27. The van der Waals surface area contributed by atoms with E-state index in [0.717, 1.165) is 47.4 Å². The Hall–Kier alpha value is -2.46. The highest BCUT2D eigenvalue weighted by Crippen LogP contribution is 2.33. The minimum absolute atomic E-state index is 0.0198. The van der Waals surface area contributed by atoms with Gasteiger partial charge in [-0.15, -0.1) is 0 Å². The Morgan fingerprint density at radius 2 is 2.07 bits per heavy atom. The number of aromatic amines is 1. The number of aromatic nitrogens is 1. The van der Waals surface area contributed by atoms with E-state index in [4.69, 9.17) is 16.3 Å². The molecule has 2 aromatic carbocycles. The third-order valence-corrected chi connectivity index (χ3v) is 5.63. The van der Waals surface area contributed by atoms with Crippen LogP contribution in [0, 0.1) is 5.92 Å². The number of hydrogen-bond donors (Lipinski definition) is 2. The van der Waals surface area contributed by atoms with E-state index in [1.165, 1.54) is 16.8 Å². The monoisotopic (exact) mass is 382 g/mol. The first-order chi connectivity index (χ1) is 13.1. The van der Waals surface area contributed by atoms with E-state index in [1.54, 1.807) is 7.11 Å². The van der Waals surface area contributed by atoms with Crippen LogP contribution in [0.2, 0.25) is 5.02 Å². The molecule has 1 aromatic heterocycles. The van der Waals surface area contributed by atoms with Gasteiger partial charge >= 0.3 is 0 Å². The molecule has 0 radical (unpaired) electrons. The van der Waals surface area contributed by atoms with Gasteiger partial charge in [0, 0.05) is 34.1 Å². The van der Waals surface area contributed by atoms with Crippen molar-refractivity contribution in [3.63, 3.8) is 0 Å². The largest absolute Gasteiger partial charge is 0.497 e. The second-order valence-corrected chi connectivity index (χ2v) is 7.54. The number of carbonyl (C=O) groups excluding carboxylic acids is 1. The van der Waals surface area contributed by atoms with Gasteiger partial charge in [0.05, 0.1) is 7.11 Å². The Balaban J connectivity index is 1.37. The third-order valence-electron chi connectivity index (χ3n) is 5.39. The van der Waals surface area contributed by atoms with Gasteiger partial charge in [-0.1, -0.05) is 23.7 Å². The number of halogens is 1. The van der Waals surface area contributed by atoms with Crippen LogP contribution in [0.3, 0.4) is 0 Å². The molecule has 1 amide bonds. The number of fused-ring (bicyclic) bond motifs is 3. The number of nitrogens with one attached hydrogen (secondary N) is 2. The number of ether oxygens (including phenoxy) is 1. The highest BCUT2D eigenvalue weighted by molar-refractivity contribution is 6.31. The summed E-state index contributed by atoms with van der Waals surface area (Å²) in [6, 6.07) is 13.9. The summed E-state index contributed by atoms with van der Waals surface area (Å²) in [6.45, 7) is 0.647. The van der Waals surface area contributed by atoms with Gasteiger partial charge in [-0.2, -0.15) is 0 Å². The molecule has 1 aliphatic carbocycles. The van der Waals surface area contributed by atoms with Crippen LogP contribution in [-0.4, -0.2) is 24.5 Å². The molecule has 0 fully saturated rings. The van der Waals surface area contributed by atoms with E-state index < -0.39 is 0 Å². The van der Waals surface area contributed by atoms with Crippen LogP contribution in [0.4, 0.5) is 0 Å². The molecule has 1 atom stereocenters. The summed E-state index contributed by atoms with van der Waals surface area (Å²) in [6.07, 6.45) is 3.36. The number of amides is 1. The van der Waals surface area contributed by atoms with Crippen molar-refractivity contribution in [3.05, 3.63) is 64.3 Å². The van der Waals surface area contributed by atoms with Crippen molar-refractivity contribution in [2.75, 3.05) is 13.7 Å². The van der Waals surface area contributed by atoms with E-state index >= 15 is 0 Å². The lowest BCUT2D eigenvalue weighted by atomic mass is 9.86. The van der Waals surface area contributed by atoms with Crippen LogP contribution in [-0.2, 0) is 24.1 Å². The average Bonchev–Trinajstić information content (AvgIpc) is 3.05. The fourth-order valence-electron chi connectivity index (χ4n) is 3.88. The molecule has 4 nitrogen and oxygen atoms in total. The summed E-state index contributed by atoms with van der Waals surface area (Å²) < 4.78 is 5.17. The summed E-state index contributed by atoms with van der Waals surface area (Å²) in [5.41, 5.74) is 4.78. The van der Waals surface area contributed by atoms with Crippen molar-refractivity contribution in [1.82, 2.24) is 10.3 Å². The predicted molar refractivity (Wildman–Crippen MR) is 109 cm³/mol. The first-order valence-corrected chi connectivity index (χ1v) is 9.71. The minimum atomic E-state index is 0.0198. The molecule has 1 unspecified atom stereocenters. The number of rotatable bonds is 5. The molecular weight excluding hydrogens is 360 g/mol. The molecule has 4 rings (SSSR count). The van der Waals surface area contributed by atoms with E-state index in [1.807, 2.05) is 42.5 Å². The summed E-state index contributed by atoms with van der Waals surface area (Å²) in [7, 11) is 1.66. The Morgan fingerprint density at radius 1 is 1.26 bits per heavy atom. The zero-order valence-corrected chi connectivity index (χ0v) is 16.1. The van der Waals surface area contributed by atoms with Crippen molar-refractivity contribution in [1.29, 1.82) is 0 Å². The van der Waals surface area contributed by atoms with Gasteiger partial charge in [0.25, 0.3) is 0 Å². The SMILES string of the molecule is COc1ccc(CCNC(=O)C2CCc3[nH]c4ccc(Cl)cc4c3C2)cc1.